The van der Waals surface area contributed by atoms with Gasteiger partial charge in [0.2, 0.25) is 0 Å². The van der Waals surface area contributed by atoms with Crippen molar-refractivity contribution in [1.82, 2.24) is 19.9 Å². The Hall–Kier alpha value is -2.69. The molecule has 1 amide bonds. The van der Waals surface area contributed by atoms with Crippen LogP contribution in [-0.2, 0) is 6.54 Å². The first kappa shape index (κ1) is 12.3. The van der Waals surface area contributed by atoms with E-state index in [-0.39, 0.29) is 5.91 Å². The largest absolute Gasteiger partial charge is 0.347 e. The summed E-state index contributed by atoms with van der Waals surface area (Å²) in [4.78, 5) is 25.5. The number of nitrogens with one attached hydrogen (secondary N) is 1. The van der Waals surface area contributed by atoms with Gasteiger partial charge in [-0.3, -0.25) is 9.78 Å². The maximum atomic E-state index is 12.5. The predicted octanol–water partition coefficient (Wildman–Crippen LogP) is 2.23. The molecule has 3 aromatic rings. The Labute approximate surface area is 116 Å². The van der Waals surface area contributed by atoms with Crippen LogP contribution in [0.5, 0.6) is 0 Å². The Morgan fingerprint density at radius 2 is 2.05 bits per heavy atom. The van der Waals surface area contributed by atoms with E-state index in [0.717, 1.165) is 16.6 Å². The van der Waals surface area contributed by atoms with E-state index < -0.39 is 0 Å². The SMILES string of the molecule is CN(Cc1ncc[nH]1)C(=O)c1nccc2ccccc12. The summed E-state index contributed by atoms with van der Waals surface area (Å²) in [6.07, 6.45) is 5.07. The van der Waals surface area contributed by atoms with Crippen molar-refractivity contribution in [2.45, 2.75) is 6.54 Å². The highest BCUT2D eigenvalue weighted by Gasteiger charge is 2.16. The monoisotopic (exact) mass is 266 g/mol. The third kappa shape index (κ3) is 2.25. The van der Waals surface area contributed by atoms with Crippen LogP contribution in [0.4, 0.5) is 0 Å². The third-order valence-corrected chi connectivity index (χ3v) is 3.16. The first-order valence-electron chi connectivity index (χ1n) is 6.33. The van der Waals surface area contributed by atoms with Gasteiger partial charge >= 0.3 is 0 Å². The molecule has 0 unspecified atom stereocenters. The van der Waals surface area contributed by atoms with E-state index in [4.69, 9.17) is 0 Å². The van der Waals surface area contributed by atoms with Crippen LogP contribution in [0.2, 0.25) is 0 Å². The molecule has 0 saturated carbocycles. The first-order valence-corrected chi connectivity index (χ1v) is 6.33. The second kappa shape index (κ2) is 5.13. The fraction of sp³-hybridized carbons (Fsp3) is 0.133. The van der Waals surface area contributed by atoms with Gasteiger partial charge in [0.25, 0.3) is 5.91 Å². The molecule has 0 aliphatic heterocycles. The Kier molecular flexibility index (Phi) is 3.16. The quantitative estimate of drug-likeness (QED) is 0.790. The average molecular weight is 266 g/mol. The summed E-state index contributed by atoms with van der Waals surface area (Å²) in [7, 11) is 1.74. The van der Waals surface area contributed by atoms with E-state index in [2.05, 4.69) is 15.0 Å². The number of aromatic amines is 1. The van der Waals surface area contributed by atoms with E-state index in [1.165, 1.54) is 0 Å². The number of aromatic nitrogens is 3. The van der Waals surface area contributed by atoms with Gasteiger partial charge in [0.05, 0.1) is 6.54 Å². The van der Waals surface area contributed by atoms with Crippen LogP contribution < -0.4 is 0 Å². The Balaban J connectivity index is 1.92. The second-order valence-corrected chi connectivity index (χ2v) is 4.58. The highest BCUT2D eigenvalue weighted by molar-refractivity contribution is 6.04. The normalized spacial score (nSPS) is 10.7. The van der Waals surface area contributed by atoms with Gasteiger partial charge in [-0.15, -0.1) is 0 Å². The summed E-state index contributed by atoms with van der Waals surface area (Å²) < 4.78 is 0. The van der Waals surface area contributed by atoms with Gasteiger partial charge in [-0.1, -0.05) is 24.3 Å². The van der Waals surface area contributed by atoms with E-state index in [1.807, 2.05) is 30.3 Å². The average Bonchev–Trinajstić information content (AvgIpc) is 2.99. The lowest BCUT2D eigenvalue weighted by molar-refractivity contribution is 0.0778. The topological polar surface area (TPSA) is 61.9 Å². The molecule has 0 atom stereocenters. The number of carbonyl (C=O) groups is 1. The number of H-pyrrole nitrogens is 1. The molecule has 1 aromatic carbocycles. The summed E-state index contributed by atoms with van der Waals surface area (Å²) >= 11 is 0. The van der Waals surface area contributed by atoms with Crippen LogP contribution in [0.15, 0.2) is 48.9 Å². The summed E-state index contributed by atoms with van der Waals surface area (Å²) in [6.45, 7) is 0.427. The number of rotatable bonds is 3. The zero-order chi connectivity index (χ0) is 13.9. The maximum absolute atomic E-state index is 12.5. The minimum atomic E-state index is -0.113. The molecule has 100 valence electrons. The van der Waals surface area contributed by atoms with Crippen LogP contribution in [0, 0.1) is 0 Å². The number of imidazole rings is 1. The predicted molar refractivity (Wildman–Crippen MR) is 76.1 cm³/mol. The minimum Gasteiger partial charge on any atom is -0.347 e. The highest BCUT2D eigenvalue weighted by Crippen LogP contribution is 2.17. The van der Waals surface area contributed by atoms with Gasteiger partial charge in [-0.05, 0) is 11.5 Å². The van der Waals surface area contributed by atoms with E-state index in [1.54, 1.807) is 30.5 Å². The molecule has 0 radical (unpaired) electrons. The number of pyridine rings is 1. The Morgan fingerprint density at radius 1 is 1.20 bits per heavy atom. The van der Waals surface area contributed by atoms with Crippen LogP contribution in [0.25, 0.3) is 10.8 Å². The Bertz CT molecular complexity index is 731. The van der Waals surface area contributed by atoms with Crippen molar-refractivity contribution < 1.29 is 4.79 Å². The molecule has 3 rings (SSSR count). The standard InChI is InChI=1S/C15H14N4O/c1-19(10-13-16-8-9-17-13)15(20)14-12-5-3-2-4-11(12)6-7-18-14/h2-9H,10H2,1H3,(H,16,17). The molecule has 5 heteroatoms. The van der Waals surface area contributed by atoms with Gasteiger partial charge < -0.3 is 9.88 Å². The van der Waals surface area contributed by atoms with E-state index in [0.29, 0.717) is 12.2 Å². The van der Waals surface area contributed by atoms with Gasteiger partial charge in [0, 0.05) is 31.0 Å². The summed E-state index contributed by atoms with van der Waals surface area (Å²) in [5.74, 6) is 0.638. The molecule has 5 nitrogen and oxygen atoms in total. The number of carbonyl (C=O) groups excluding carboxylic acids is 1. The van der Waals surface area contributed by atoms with Crippen molar-refractivity contribution in [3.8, 4) is 0 Å². The van der Waals surface area contributed by atoms with Crippen LogP contribution in [-0.4, -0.2) is 32.8 Å². The van der Waals surface area contributed by atoms with Crippen LogP contribution in [0.1, 0.15) is 16.3 Å². The Morgan fingerprint density at radius 3 is 2.85 bits per heavy atom. The highest BCUT2D eigenvalue weighted by atomic mass is 16.2. The number of benzene rings is 1. The molecule has 20 heavy (non-hydrogen) atoms. The van der Waals surface area contributed by atoms with Crippen molar-refractivity contribution in [3.63, 3.8) is 0 Å². The summed E-state index contributed by atoms with van der Waals surface area (Å²) in [5, 5.41) is 1.88. The van der Waals surface area contributed by atoms with Crippen LogP contribution >= 0.6 is 0 Å². The summed E-state index contributed by atoms with van der Waals surface area (Å²) in [6, 6.07) is 9.64. The van der Waals surface area contributed by atoms with Gasteiger partial charge in [-0.2, -0.15) is 0 Å². The zero-order valence-electron chi connectivity index (χ0n) is 11.1. The van der Waals surface area contributed by atoms with Gasteiger partial charge in [0.15, 0.2) is 0 Å². The molecule has 2 aromatic heterocycles. The molecule has 0 saturated heterocycles. The van der Waals surface area contributed by atoms with Gasteiger partial charge in [0.1, 0.15) is 11.5 Å². The van der Waals surface area contributed by atoms with Crippen molar-refractivity contribution in [1.29, 1.82) is 0 Å². The van der Waals surface area contributed by atoms with Gasteiger partial charge in [-0.25, -0.2) is 4.98 Å². The lowest BCUT2D eigenvalue weighted by Crippen LogP contribution is -2.27. The first-order chi connectivity index (χ1) is 9.75. The van der Waals surface area contributed by atoms with Crippen molar-refractivity contribution in [3.05, 3.63) is 60.4 Å². The minimum absolute atomic E-state index is 0.113. The zero-order valence-corrected chi connectivity index (χ0v) is 11.1. The number of hydrogen-bond acceptors (Lipinski definition) is 3. The molecule has 0 spiro atoms. The molecule has 0 aliphatic carbocycles. The van der Waals surface area contributed by atoms with Crippen LogP contribution in [0.3, 0.4) is 0 Å². The molecule has 1 N–H and O–H groups in total. The van der Waals surface area contributed by atoms with Crippen molar-refractivity contribution >= 4 is 16.7 Å². The molecule has 0 aliphatic rings. The van der Waals surface area contributed by atoms with E-state index in [9.17, 15) is 4.79 Å². The lowest BCUT2D eigenvalue weighted by Gasteiger charge is -2.16. The molecular formula is C15H14N4O. The number of hydrogen-bond donors (Lipinski definition) is 1. The van der Waals surface area contributed by atoms with Crippen molar-refractivity contribution in [2.24, 2.45) is 0 Å². The molecule has 0 bridgehead atoms. The second-order valence-electron chi connectivity index (χ2n) is 4.58. The summed E-state index contributed by atoms with van der Waals surface area (Å²) in [5.41, 5.74) is 0.470. The number of nitrogens with zero attached hydrogens (tertiary/aromatic N) is 3. The maximum Gasteiger partial charge on any atom is 0.273 e. The molecule has 0 fully saturated rings. The molecule has 2 heterocycles. The lowest BCUT2D eigenvalue weighted by atomic mass is 10.1. The fourth-order valence-corrected chi connectivity index (χ4v) is 2.15. The number of fused-ring (bicyclic) bond motifs is 1. The number of amides is 1. The third-order valence-electron chi connectivity index (χ3n) is 3.16. The van der Waals surface area contributed by atoms with E-state index >= 15 is 0 Å². The smallest absolute Gasteiger partial charge is 0.273 e. The molecular weight excluding hydrogens is 252 g/mol. The fourth-order valence-electron chi connectivity index (χ4n) is 2.15. The van der Waals surface area contributed by atoms with Crippen molar-refractivity contribution in [2.75, 3.05) is 7.05 Å².